The first-order chi connectivity index (χ1) is 6.74. The van der Waals surface area contributed by atoms with Crippen LogP contribution in [0.2, 0.25) is 0 Å². The number of hydrogen-bond donors (Lipinski definition) is 0. The van der Waals surface area contributed by atoms with Gasteiger partial charge in [0.05, 0.1) is 0 Å². The van der Waals surface area contributed by atoms with Gasteiger partial charge in [0.25, 0.3) is 0 Å². The fourth-order valence-electron chi connectivity index (χ4n) is 3.24. The average molecular weight is 192 g/mol. The average Bonchev–Trinajstić information content (AvgIpc) is 2.72. The highest BCUT2D eigenvalue weighted by Crippen LogP contribution is 2.54. The van der Waals surface area contributed by atoms with E-state index in [1.807, 2.05) is 0 Å². The van der Waals surface area contributed by atoms with Crippen LogP contribution in [-0.2, 0) is 4.79 Å². The monoisotopic (exact) mass is 192 g/mol. The van der Waals surface area contributed by atoms with Crippen LogP contribution >= 0.6 is 0 Å². The van der Waals surface area contributed by atoms with Gasteiger partial charge in [0, 0.05) is 6.42 Å². The largest absolute Gasteiger partial charge is 0.303 e. The van der Waals surface area contributed by atoms with Crippen LogP contribution in [-0.4, -0.2) is 6.29 Å². The van der Waals surface area contributed by atoms with Crippen molar-refractivity contribution in [2.45, 2.75) is 45.4 Å². The van der Waals surface area contributed by atoms with Gasteiger partial charge in [-0.3, -0.25) is 0 Å². The normalized spacial score (nSPS) is 39.2. The molecule has 2 bridgehead atoms. The lowest BCUT2D eigenvalue weighted by molar-refractivity contribution is -0.107. The van der Waals surface area contributed by atoms with Gasteiger partial charge in [-0.2, -0.15) is 0 Å². The van der Waals surface area contributed by atoms with Crippen molar-refractivity contribution in [3.8, 4) is 0 Å². The quantitative estimate of drug-likeness (QED) is 0.371. The maximum atomic E-state index is 10.2. The highest BCUT2D eigenvalue weighted by molar-refractivity contribution is 5.48. The molecule has 0 amide bonds. The molecule has 3 unspecified atom stereocenters. The van der Waals surface area contributed by atoms with E-state index in [1.165, 1.54) is 25.7 Å². The van der Waals surface area contributed by atoms with Gasteiger partial charge in [-0.05, 0) is 42.9 Å². The van der Waals surface area contributed by atoms with E-state index in [0.717, 1.165) is 31.0 Å². The summed E-state index contributed by atoms with van der Waals surface area (Å²) in [6.07, 6.45) is 13.0. The molecule has 14 heavy (non-hydrogen) atoms. The standard InChI is InChI=1S/C13H20O/c1-13(7-3-2-4-8-14)10-11-5-6-12(13)9-11/h5-6,8,11-12H,2-4,7,9-10H2,1H3. The summed E-state index contributed by atoms with van der Waals surface area (Å²) < 4.78 is 0. The third-order valence-electron chi connectivity index (χ3n) is 4.12. The molecule has 1 fully saturated rings. The minimum Gasteiger partial charge on any atom is -0.303 e. The number of carbonyl (C=O) groups is 1. The summed E-state index contributed by atoms with van der Waals surface area (Å²) in [5.41, 5.74) is 0.558. The van der Waals surface area contributed by atoms with E-state index in [1.54, 1.807) is 0 Å². The second-order valence-electron chi connectivity index (χ2n) is 5.26. The summed E-state index contributed by atoms with van der Waals surface area (Å²) in [5.74, 6) is 1.71. The van der Waals surface area contributed by atoms with E-state index in [0.29, 0.717) is 5.41 Å². The number of unbranched alkanes of at least 4 members (excludes halogenated alkanes) is 2. The molecular formula is C13H20O. The second-order valence-corrected chi connectivity index (χ2v) is 5.26. The lowest BCUT2D eigenvalue weighted by Crippen LogP contribution is -2.21. The van der Waals surface area contributed by atoms with Crippen LogP contribution in [0.4, 0.5) is 0 Å². The third kappa shape index (κ3) is 1.77. The summed E-state index contributed by atoms with van der Waals surface area (Å²) >= 11 is 0. The van der Waals surface area contributed by atoms with E-state index in [2.05, 4.69) is 19.1 Å². The molecule has 3 atom stereocenters. The molecule has 0 N–H and O–H groups in total. The Balaban J connectivity index is 1.79. The fourth-order valence-corrected chi connectivity index (χ4v) is 3.24. The fraction of sp³-hybridized carbons (Fsp3) is 0.769. The van der Waals surface area contributed by atoms with Gasteiger partial charge in [-0.1, -0.05) is 25.5 Å². The van der Waals surface area contributed by atoms with Crippen molar-refractivity contribution in [3.05, 3.63) is 12.2 Å². The Kier molecular flexibility index (Phi) is 2.76. The summed E-state index contributed by atoms with van der Waals surface area (Å²) in [6.45, 7) is 2.43. The molecule has 0 heterocycles. The van der Waals surface area contributed by atoms with Crippen molar-refractivity contribution in [1.82, 2.24) is 0 Å². The van der Waals surface area contributed by atoms with E-state index < -0.39 is 0 Å². The Hall–Kier alpha value is -0.590. The van der Waals surface area contributed by atoms with Gasteiger partial charge < -0.3 is 4.79 Å². The summed E-state index contributed by atoms with van der Waals surface area (Å²) in [6, 6.07) is 0. The molecule has 2 aliphatic rings. The van der Waals surface area contributed by atoms with Crippen molar-refractivity contribution in [2.24, 2.45) is 17.3 Å². The molecule has 1 heteroatoms. The van der Waals surface area contributed by atoms with E-state index in [4.69, 9.17) is 0 Å². The van der Waals surface area contributed by atoms with Crippen molar-refractivity contribution in [3.63, 3.8) is 0 Å². The molecule has 78 valence electrons. The molecule has 2 aliphatic carbocycles. The molecule has 2 rings (SSSR count). The van der Waals surface area contributed by atoms with Crippen LogP contribution in [0.3, 0.4) is 0 Å². The van der Waals surface area contributed by atoms with Gasteiger partial charge in [0.2, 0.25) is 0 Å². The molecule has 1 saturated carbocycles. The predicted molar refractivity (Wildman–Crippen MR) is 58.0 cm³/mol. The van der Waals surface area contributed by atoms with Crippen LogP contribution < -0.4 is 0 Å². The van der Waals surface area contributed by atoms with Crippen LogP contribution in [0.15, 0.2) is 12.2 Å². The van der Waals surface area contributed by atoms with Crippen molar-refractivity contribution in [1.29, 1.82) is 0 Å². The number of allylic oxidation sites excluding steroid dienone is 2. The SMILES string of the molecule is CC1(CCCCC=O)CC2C=CC1C2. The molecule has 0 radical (unpaired) electrons. The van der Waals surface area contributed by atoms with Crippen LogP contribution in [0.1, 0.15) is 45.4 Å². The van der Waals surface area contributed by atoms with Crippen LogP contribution in [0.5, 0.6) is 0 Å². The minimum atomic E-state index is 0.558. The molecule has 0 aromatic heterocycles. The Bertz CT molecular complexity index is 244. The zero-order chi connectivity index (χ0) is 10.0. The Morgan fingerprint density at radius 1 is 1.43 bits per heavy atom. The van der Waals surface area contributed by atoms with E-state index >= 15 is 0 Å². The lowest BCUT2D eigenvalue weighted by Gasteiger charge is -2.31. The molecule has 1 nitrogen and oxygen atoms in total. The van der Waals surface area contributed by atoms with Gasteiger partial charge >= 0.3 is 0 Å². The Morgan fingerprint density at radius 2 is 2.29 bits per heavy atom. The zero-order valence-corrected chi connectivity index (χ0v) is 9.04. The maximum absolute atomic E-state index is 10.2. The number of rotatable bonds is 5. The highest BCUT2D eigenvalue weighted by atomic mass is 16.1. The molecule has 0 spiro atoms. The molecule has 0 aromatic rings. The third-order valence-corrected chi connectivity index (χ3v) is 4.12. The maximum Gasteiger partial charge on any atom is 0.119 e. The second kappa shape index (κ2) is 3.88. The van der Waals surface area contributed by atoms with Gasteiger partial charge in [0.1, 0.15) is 6.29 Å². The number of carbonyl (C=O) groups excluding carboxylic acids is 1. The Morgan fingerprint density at radius 3 is 2.86 bits per heavy atom. The molecule has 0 saturated heterocycles. The van der Waals surface area contributed by atoms with Gasteiger partial charge in [-0.25, -0.2) is 0 Å². The number of fused-ring (bicyclic) bond motifs is 2. The minimum absolute atomic E-state index is 0.558. The molecular weight excluding hydrogens is 172 g/mol. The van der Waals surface area contributed by atoms with Crippen LogP contribution in [0, 0.1) is 17.3 Å². The first kappa shape index (κ1) is 9.95. The molecule has 0 aliphatic heterocycles. The number of hydrogen-bond acceptors (Lipinski definition) is 1. The summed E-state index contributed by atoms with van der Waals surface area (Å²) in [4.78, 5) is 10.2. The zero-order valence-electron chi connectivity index (χ0n) is 9.04. The van der Waals surface area contributed by atoms with Crippen LogP contribution in [0.25, 0.3) is 0 Å². The van der Waals surface area contributed by atoms with E-state index in [-0.39, 0.29) is 0 Å². The lowest BCUT2D eigenvalue weighted by atomic mass is 9.74. The first-order valence-corrected chi connectivity index (χ1v) is 5.86. The highest BCUT2D eigenvalue weighted by Gasteiger charge is 2.43. The topological polar surface area (TPSA) is 17.1 Å². The Labute approximate surface area is 86.6 Å². The van der Waals surface area contributed by atoms with E-state index in [9.17, 15) is 4.79 Å². The van der Waals surface area contributed by atoms with Crippen molar-refractivity contribution < 1.29 is 4.79 Å². The van der Waals surface area contributed by atoms with Gasteiger partial charge in [-0.15, -0.1) is 0 Å². The molecule has 0 aromatic carbocycles. The smallest absolute Gasteiger partial charge is 0.119 e. The van der Waals surface area contributed by atoms with Crippen molar-refractivity contribution >= 4 is 6.29 Å². The number of aldehydes is 1. The predicted octanol–water partition coefficient (Wildman–Crippen LogP) is 3.35. The first-order valence-electron chi connectivity index (χ1n) is 5.86. The summed E-state index contributed by atoms with van der Waals surface area (Å²) in [7, 11) is 0. The summed E-state index contributed by atoms with van der Waals surface area (Å²) in [5, 5.41) is 0. The van der Waals surface area contributed by atoms with Gasteiger partial charge in [0.15, 0.2) is 0 Å². The van der Waals surface area contributed by atoms with Crippen molar-refractivity contribution in [2.75, 3.05) is 0 Å².